The molecule has 1 saturated heterocycles. The van der Waals surface area contributed by atoms with Crippen LogP contribution in [0.4, 0.5) is 5.69 Å². The van der Waals surface area contributed by atoms with Crippen molar-refractivity contribution in [3.8, 4) is 6.07 Å². The summed E-state index contributed by atoms with van der Waals surface area (Å²) in [4.78, 5) is 6.16. The molecule has 72 valence electrons. The van der Waals surface area contributed by atoms with Gasteiger partial charge in [-0.2, -0.15) is 5.26 Å². The van der Waals surface area contributed by atoms with Crippen molar-refractivity contribution in [3.63, 3.8) is 0 Å². The maximum atomic E-state index is 8.69. The fraction of sp³-hybridized carbons (Fsp3) is 0.400. The molecule has 0 aliphatic carbocycles. The molecule has 1 aromatic heterocycles. The minimum absolute atomic E-state index is 0.482. The van der Waals surface area contributed by atoms with Crippen LogP contribution in [-0.2, 0) is 0 Å². The number of likely N-dealkylation sites (N-methyl/N-ethyl adjacent to an activating group) is 1. The molecule has 0 unspecified atom stereocenters. The van der Waals surface area contributed by atoms with Gasteiger partial charge in [0.2, 0.25) is 0 Å². The predicted molar refractivity (Wildman–Crippen MR) is 54.0 cm³/mol. The lowest BCUT2D eigenvalue weighted by atomic mass is 10.1. The zero-order valence-corrected chi connectivity index (χ0v) is 8.07. The van der Waals surface area contributed by atoms with E-state index in [-0.39, 0.29) is 0 Å². The Bertz CT molecular complexity index is 363. The Balaban J connectivity index is 2.08. The smallest absolute Gasteiger partial charge is 0.142 e. The molecule has 2 heterocycles. The minimum Gasteiger partial charge on any atom is -0.368 e. The molecule has 1 aromatic rings. The Morgan fingerprint density at radius 2 is 2.43 bits per heavy atom. The van der Waals surface area contributed by atoms with Crippen LogP contribution in [0.5, 0.6) is 0 Å². The van der Waals surface area contributed by atoms with E-state index in [9.17, 15) is 0 Å². The number of anilines is 1. The number of aromatic nitrogens is 1. The van der Waals surface area contributed by atoms with Gasteiger partial charge in [-0.3, -0.25) is 0 Å². The maximum absolute atomic E-state index is 8.69. The van der Waals surface area contributed by atoms with Gasteiger partial charge in [-0.1, -0.05) is 0 Å². The molecular formula is C10H12N4. The number of nitriles is 1. The number of hydrogen-bond donors (Lipinski definition) is 1. The molecule has 0 aromatic carbocycles. The lowest BCUT2D eigenvalue weighted by molar-refractivity contribution is 0.450. The Morgan fingerprint density at radius 3 is 3.07 bits per heavy atom. The van der Waals surface area contributed by atoms with E-state index >= 15 is 0 Å². The van der Waals surface area contributed by atoms with E-state index in [4.69, 9.17) is 5.26 Å². The molecule has 0 saturated carbocycles. The van der Waals surface area contributed by atoms with Crippen molar-refractivity contribution in [1.82, 2.24) is 10.3 Å². The van der Waals surface area contributed by atoms with Gasteiger partial charge in [0.15, 0.2) is 0 Å². The summed E-state index contributed by atoms with van der Waals surface area (Å²) in [5, 5.41) is 11.9. The Hall–Kier alpha value is -1.60. The summed E-state index contributed by atoms with van der Waals surface area (Å²) in [6.45, 7) is 2.01. The maximum Gasteiger partial charge on any atom is 0.142 e. The molecule has 1 aliphatic rings. The quantitative estimate of drug-likeness (QED) is 0.728. The first-order chi connectivity index (χ1) is 6.83. The van der Waals surface area contributed by atoms with Crippen LogP contribution in [0.3, 0.4) is 0 Å². The van der Waals surface area contributed by atoms with E-state index in [1.165, 1.54) is 0 Å². The average Bonchev–Trinajstić information content (AvgIpc) is 2.17. The van der Waals surface area contributed by atoms with Gasteiger partial charge in [0.1, 0.15) is 11.8 Å². The zero-order chi connectivity index (χ0) is 9.97. The van der Waals surface area contributed by atoms with Crippen LogP contribution in [0.25, 0.3) is 0 Å². The van der Waals surface area contributed by atoms with Crippen molar-refractivity contribution in [3.05, 3.63) is 24.0 Å². The largest absolute Gasteiger partial charge is 0.368 e. The van der Waals surface area contributed by atoms with Gasteiger partial charge < -0.3 is 10.2 Å². The Morgan fingerprint density at radius 1 is 1.64 bits per heavy atom. The van der Waals surface area contributed by atoms with Crippen molar-refractivity contribution < 1.29 is 0 Å². The van der Waals surface area contributed by atoms with Gasteiger partial charge >= 0.3 is 0 Å². The third-order valence-electron chi connectivity index (χ3n) is 2.51. The lowest BCUT2D eigenvalue weighted by Gasteiger charge is -2.40. The third kappa shape index (κ3) is 1.54. The first-order valence-corrected chi connectivity index (χ1v) is 4.62. The Kier molecular flexibility index (Phi) is 2.33. The monoisotopic (exact) mass is 188 g/mol. The summed E-state index contributed by atoms with van der Waals surface area (Å²) in [5.41, 5.74) is 1.57. The van der Waals surface area contributed by atoms with Crippen molar-refractivity contribution in [1.29, 1.82) is 5.26 Å². The van der Waals surface area contributed by atoms with Crippen LogP contribution < -0.4 is 10.2 Å². The standard InChI is InChI=1S/C10H12N4/c1-12-9-6-14(7-9)10-2-3-13-8(4-10)5-11/h2-4,9,12H,6-7H2,1H3. The van der Waals surface area contributed by atoms with Crippen LogP contribution in [0.15, 0.2) is 18.3 Å². The lowest BCUT2D eigenvalue weighted by Crippen LogP contribution is -2.57. The van der Waals surface area contributed by atoms with Gasteiger partial charge in [-0.05, 0) is 19.2 Å². The molecule has 0 spiro atoms. The molecule has 0 atom stereocenters. The number of hydrogen-bond acceptors (Lipinski definition) is 4. The summed E-state index contributed by atoms with van der Waals surface area (Å²) >= 11 is 0. The number of nitrogens with zero attached hydrogens (tertiary/aromatic N) is 3. The molecule has 4 nitrogen and oxygen atoms in total. The van der Waals surface area contributed by atoms with Crippen molar-refractivity contribution >= 4 is 5.69 Å². The van der Waals surface area contributed by atoms with Gasteiger partial charge in [0, 0.05) is 31.0 Å². The average molecular weight is 188 g/mol. The normalized spacial score (nSPS) is 16.1. The van der Waals surface area contributed by atoms with E-state index in [2.05, 4.69) is 15.2 Å². The molecule has 1 aliphatic heterocycles. The van der Waals surface area contributed by atoms with E-state index in [1.807, 2.05) is 25.2 Å². The summed E-state index contributed by atoms with van der Waals surface area (Å²) in [6.07, 6.45) is 1.68. The van der Waals surface area contributed by atoms with E-state index in [0.29, 0.717) is 11.7 Å². The predicted octanol–water partition coefficient (Wildman–Crippen LogP) is 0.361. The first kappa shape index (κ1) is 8.97. The molecule has 0 bridgehead atoms. The highest BCUT2D eigenvalue weighted by atomic mass is 15.2. The molecule has 14 heavy (non-hydrogen) atoms. The summed E-state index contributed by atoms with van der Waals surface area (Å²) in [6, 6.07) is 6.38. The van der Waals surface area contributed by atoms with Crippen LogP contribution in [0, 0.1) is 11.3 Å². The summed E-state index contributed by atoms with van der Waals surface area (Å²) < 4.78 is 0. The van der Waals surface area contributed by atoms with Crippen molar-refractivity contribution in [2.45, 2.75) is 6.04 Å². The molecule has 4 heteroatoms. The molecular weight excluding hydrogens is 176 g/mol. The fourth-order valence-corrected chi connectivity index (χ4v) is 1.55. The molecule has 0 amide bonds. The zero-order valence-electron chi connectivity index (χ0n) is 8.07. The number of pyridine rings is 1. The van der Waals surface area contributed by atoms with Crippen molar-refractivity contribution in [2.24, 2.45) is 0 Å². The third-order valence-corrected chi connectivity index (χ3v) is 2.51. The molecule has 1 fully saturated rings. The van der Waals surface area contributed by atoms with E-state index in [0.717, 1.165) is 18.8 Å². The van der Waals surface area contributed by atoms with Crippen LogP contribution in [0.2, 0.25) is 0 Å². The number of nitrogens with one attached hydrogen (secondary N) is 1. The summed E-state index contributed by atoms with van der Waals surface area (Å²) in [5.74, 6) is 0. The van der Waals surface area contributed by atoms with Gasteiger partial charge in [0.25, 0.3) is 0 Å². The number of rotatable bonds is 2. The second kappa shape index (κ2) is 3.64. The molecule has 0 radical (unpaired) electrons. The van der Waals surface area contributed by atoms with E-state index < -0.39 is 0 Å². The fourth-order valence-electron chi connectivity index (χ4n) is 1.55. The summed E-state index contributed by atoms with van der Waals surface area (Å²) in [7, 11) is 1.97. The second-order valence-electron chi connectivity index (χ2n) is 3.40. The molecule has 1 N–H and O–H groups in total. The van der Waals surface area contributed by atoms with Gasteiger partial charge in [-0.25, -0.2) is 4.98 Å². The molecule has 2 rings (SSSR count). The minimum atomic E-state index is 0.482. The SMILES string of the molecule is CNC1CN(c2ccnc(C#N)c2)C1. The van der Waals surface area contributed by atoms with Crippen LogP contribution >= 0.6 is 0 Å². The highest BCUT2D eigenvalue weighted by Crippen LogP contribution is 2.20. The van der Waals surface area contributed by atoms with Crippen molar-refractivity contribution in [2.75, 3.05) is 25.0 Å². The highest BCUT2D eigenvalue weighted by Gasteiger charge is 2.25. The van der Waals surface area contributed by atoms with E-state index in [1.54, 1.807) is 6.20 Å². The highest BCUT2D eigenvalue weighted by molar-refractivity contribution is 5.51. The van der Waals surface area contributed by atoms with Gasteiger partial charge in [0.05, 0.1) is 0 Å². The second-order valence-corrected chi connectivity index (χ2v) is 3.40. The van der Waals surface area contributed by atoms with Gasteiger partial charge in [-0.15, -0.1) is 0 Å². The van der Waals surface area contributed by atoms with Crippen LogP contribution in [-0.4, -0.2) is 31.2 Å². The van der Waals surface area contributed by atoms with Crippen LogP contribution in [0.1, 0.15) is 5.69 Å². The topological polar surface area (TPSA) is 52.0 Å². The first-order valence-electron chi connectivity index (χ1n) is 4.62. The Labute approximate surface area is 83.2 Å².